The highest BCUT2D eigenvalue weighted by Crippen LogP contribution is 2.27. The number of hydrogen-bond donors (Lipinski definition) is 2. The van der Waals surface area contributed by atoms with Crippen LogP contribution in [0.3, 0.4) is 0 Å². The van der Waals surface area contributed by atoms with Gasteiger partial charge in [0.1, 0.15) is 0 Å². The summed E-state index contributed by atoms with van der Waals surface area (Å²) in [5.41, 5.74) is 1.16. The van der Waals surface area contributed by atoms with Gasteiger partial charge < -0.3 is 15.4 Å². The number of carbonyl (C=O) groups is 1. The first-order valence-electron chi connectivity index (χ1n) is 8.66. The highest BCUT2D eigenvalue weighted by Gasteiger charge is 2.22. The molecule has 1 aliphatic heterocycles. The van der Waals surface area contributed by atoms with Gasteiger partial charge in [0.2, 0.25) is 5.91 Å². The fourth-order valence-electron chi connectivity index (χ4n) is 2.92. The molecule has 1 heterocycles. The van der Waals surface area contributed by atoms with Crippen molar-refractivity contribution in [2.24, 2.45) is 5.92 Å². The van der Waals surface area contributed by atoms with Crippen LogP contribution in [0, 0.1) is 5.92 Å². The van der Waals surface area contributed by atoms with Crippen LogP contribution >= 0.6 is 24.8 Å². The number of amides is 1. The molecule has 1 saturated carbocycles. The number of morpholine rings is 1. The van der Waals surface area contributed by atoms with E-state index in [1.165, 1.54) is 12.8 Å². The van der Waals surface area contributed by atoms with Crippen LogP contribution in [-0.2, 0) is 9.53 Å². The van der Waals surface area contributed by atoms with E-state index in [1.54, 1.807) is 0 Å². The topological polar surface area (TPSA) is 53.6 Å². The Labute approximate surface area is 162 Å². The summed E-state index contributed by atoms with van der Waals surface area (Å²) in [4.78, 5) is 14.6. The van der Waals surface area contributed by atoms with E-state index in [2.05, 4.69) is 27.7 Å². The lowest BCUT2D eigenvalue weighted by Crippen LogP contribution is -2.45. The fraction of sp³-hybridized carbons (Fsp3) is 0.611. The molecule has 0 radical (unpaired) electrons. The molecule has 2 N–H and O–H groups in total. The van der Waals surface area contributed by atoms with Crippen molar-refractivity contribution in [2.45, 2.75) is 18.9 Å². The number of benzene rings is 1. The van der Waals surface area contributed by atoms with Gasteiger partial charge in [0.25, 0.3) is 0 Å². The van der Waals surface area contributed by atoms with Gasteiger partial charge in [0.05, 0.1) is 25.8 Å². The summed E-state index contributed by atoms with van der Waals surface area (Å²) in [5, 5.41) is 6.45. The van der Waals surface area contributed by atoms with Crippen molar-refractivity contribution >= 4 is 30.7 Å². The molecule has 1 aromatic carbocycles. The van der Waals surface area contributed by atoms with Crippen molar-refractivity contribution in [3.05, 3.63) is 35.9 Å². The van der Waals surface area contributed by atoms with E-state index >= 15 is 0 Å². The van der Waals surface area contributed by atoms with Crippen LogP contribution in [0.4, 0.5) is 0 Å². The molecule has 1 aromatic rings. The Hall–Kier alpha value is -0.850. The summed E-state index contributed by atoms with van der Waals surface area (Å²) in [6.45, 7) is 5.62. The number of nitrogens with zero attached hydrogens (tertiary/aromatic N) is 1. The number of nitrogens with one attached hydrogen (secondary N) is 2. The summed E-state index contributed by atoms with van der Waals surface area (Å²) in [6.07, 6.45) is 2.61. The van der Waals surface area contributed by atoms with Gasteiger partial charge in [-0.1, -0.05) is 30.3 Å². The van der Waals surface area contributed by atoms with E-state index in [4.69, 9.17) is 4.74 Å². The standard InChI is InChI=1S/C18H27N3O2.2ClH/c22-18(13-19-12-15-6-7-15)20-17(16-4-2-1-3-5-16)14-21-8-10-23-11-9-21;;/h1-5,15,17,19H,6-14H2,(H,20,22);2*1H. The van der Waals surface area contributed by atoms with Crippen LogP contribution in [0.1, 0.15) is 24.4 Å². The van der Waals surface area contributed by atoms with Gasteiger partial charge >= 0.3 is 0 Å². The van der Waals surface area contributed by atoms with E-state index in [9.17, 15) is 4.79 Å². The largest absolute Gasteiger partial charge is 0.379 e. The molecule has 142 valence electrons. The molecular weight excluding hydrogens is 361 g/mol. The molecule has 0 aromatic heterocycles. The molecule has 0 spiro atoms. The third kappa shape index (κ3) is 7.92. The Kier molecular flexibility index (Phi) is 10.4. The van der Waals surface area contributed by atoms with E-state index in [1.807, 2.05) is 18.2 Å². The predicted molar refractivity (Wildman–Crippen MR) is 105 cm³/mol. The van der Waals surface area contributed by atoms with Gasteiger partial charge in [-0.05, 0) is 30.9 Å². The van der Waals surface area contributed by atoms with Crippen LogP contribution in [0.25, 0.3) is 0 Å². The molecule has 5 nitrogen and oxygen atoms in total. The molecule has 1 amide bonds. The highest BCUT2D eigenvalue weighted by molar-refractivity contribution is 5.85. The van der Waals surface area contributed by atoms with Gasteiger partial charge in [-0.3, -0.25) is 9.69 Å². The average molecular weight is 390 g/mol. The number of carbonyl (C=O) groups excluding carboxylic acids is 1. The molecule has 0 bridgehead atoms. The first kappa shape index (κ1) is 22.2. The summed E-state index contributed by atoms with van der Waals surface area (Å²) in [5.74, 6) is 0.869. The molecule has 3 rings (SSSR count). The van der Waals surface area contributed by atoms with Gasteiger partial charge in [0.15, 0.2) is 0 Å². The molecule has 25 heavy (non-hydrogen) atoms. The lowest BCUT2D eigenvalue weighted by Gasteiger charge is -2.31. The Morgan fingerprint density at radius 2 is 1.84 bits per heavy atom. The maximum absolute atomic E-state index is 12.3. The Bertz CT molecular complexity index is 494. The molecule has 1 unspecified atom stereocenters. The first-order chi connectivity index (χ1) is 11.3. The number of ether oxygens (including phenoxy) is 1. The Morgan fingerprint density at radius 3 is 2.48 bits per heavy atom. The number of halogens is 2. The minimum Gasteiger partial charge on any atom is -0.379 e. The zero-order valence-corrected chi connectivity index (χ0v) is 16.1. The van der Waals surface area contributed by atoms with Gasteiger partial charge in [0, 0.05) is 19.6 Å². The van der Waals surface area contributed by atoms with E-state index in [-0.39, 0.29) is 36.8 Å². The van der Waals surface area contributed by atoms with Gasteiger partial charge in [-0.25, -0.2) is 0 Å². The van der Waals surface area contributed by atoms with E-state index in [0.29, 0.717) is 6.54 Å². The molecule has 1 atom stereocenters. The van der Waals surface area contributed by atoms with Crippen molar-refractivity contribution in [3.63, 3.8) is 0 Å². The predicted octanol–water partition coefficient (Wildman–Crippen LogP) is 2.02. The van der Waals surface area contributed by atoms with E-state index < -0.39 is 0 Å². The average Bonchev–Trinajstić information content (AvgIpc) is 3.40. The lowest BCUT2D eigenvalue weighted by molar-refractivity contribution is -0.121. The quantitative estimate of drug-likeness (QED) is 0.713. The Morgan fingerprint density at radius 1 is 1.16 bits per heavy atom. The monoisotopic (exact) mass is 389 g/mol. The number of hydrogen-bond acceptors (Lipinski definition) is 4. The second-order valence-corrected chi connectivity index (χ2v) is 6.52. The summed E-state index contributed by atoms with van der Waals surface area (Å²) < 4.78 is 5.41. The van der Waals surface area contributed by atoms with Crippen molar-refractivity contribution < 1.29 is 9.53 Å². The second-order valence-electron chi connectivity index (χ2n) is 6.52. The molecule has 1 aliphatic carbocycles. The van der Waals surface area contributed by atoms with Crippen molar-refractivity contribution in [1.82, 2.24) is 15.5 Å². The maximum atomic E-state index is 12.3. The van der Waals surface area contributed by atoms with Crippen molar-refractivity contribution in [2.75, 3.05) is 45.9 Å². The van der Waals surface area contributed by atoms with E-state index in [0.717, 1.165) is 50.9 Å². The fourth-order valence-corrected chi connectivity index (χ4v) is 2.92. The van der Waals surface area contributed by atoms with Gasteiger partial charge in [-0.15, -0.1) is 24.8 Å². The summed E-state index contributed by atoms with van der Waals surface area (Å²) >= 11 is 0. The highest BCUT2D eigenvalue weighted by atomic mass is 35.5. The van der Waals surface area contributed by atoms with Crippen LogP contribution in [0.2, 0.25) is 0 Å². The van der Waals surface area contributed by atoms with Crippen LogP contribution in [0.15, 0.2) is 30.3 Å². The summed E-state index contributed by atoms with van der Waals surface area (Å²) in [7, 11) is 0. The van der Waals surface area contributed by atoms with Crippen molar-refractivity contribution in [3.8, 4) is 0 Å². The lowest BCUT2D eigenvalue weighted by atomic mass is 10.1. The maximum Gasteiger partial charge on any atom is 0.234 e. The van der Waals surface area contributed by atoms with Gasteiger partial charge in [-0.2, -0.15) is 0 Å². The third-order valence-corrected chi connectivity index (χ3v) is 4.50. The van der Waals surface area contributed by atoms with Crippen LogP contribution in [-0.4, -0.2) is 56.7 Å². The zero-order valence-electron chi connectivity index (χ0n) is 14.5. The zero-order chi connectivity index (χ0) is 15.9. The summed E-state index contributed by atoms with van der Waals surface area (Å²) in [6, 6.07) is 10.3. The smallest absolute Gasteiger partial charge is 0.234 e. The molecule has 7 heteroatoms. The SMILES string of the molecule is Cl.Cl.O=C(CNCC1CC1)NC(CN1CCOCC1)c1ccccc1. The van der Waals surface area contributed by atoms with Crippen molar-refractivity contribution in [1.29, 1.82) is 0 Å². The molecule has 2 fully saturated rings. The molecule has 1 saturated heterocycles. The minimum absolute atomic E-state index is 0. The van der Waals surface area contributed by atoms with Crippen LogP contribution in [0.5, 0.6) is 0 Å². The first-order valence-corrected chi connectivity index (χ1v) is 8.66. The normalized spacial score (nSPS) is 18.6. The molecule has 2 aliphatic rings. The minimum atomic E-state index is 0. The number of rotatable bonds is 8. The molecular formula is C18H29Cl2N3O2. The second kappa shape index (κ2) is 11.7. The third-order valence-electron chi connectivity index (χ3n) is 4.50. The van der Waals surface area contributed by atoms with Crippen LogP contribution < -0.4 is 10.6 Å². The Balaban J connectivity index is 0.00000156.